The Balaban J connectivity index is 2.23. The van der Waals surface area contributed by atoms with Gasteiger partial charge in [0.25, 0.3) is 0 Å². The van der Waals surface area contributed by atoms with Crippen LogP contribution in [0.3, 0.4) is 0 Å². The third-order valence-corrected chi connectivity index (χ3v) is 5.82. The van der Waals surface area contributed by atoms with Crippen LogP contribution in [0.4, 0.5) is 0 Å². The van der Waals surface area contributed by atoms with Gasteiger partial charge in [-0.15, -0.1) is 0 Å². The van der Waals surface area contributed by atoms with Crippen LogP contribution in [0, 0.1) is 0 Å². The minimum absolute atomic E-state index is 0.128. The van der Waals surface area contributed by atoms with Crippen molar-refractivity contribution in [3.8, 4) is 0 Å². The first-order valence-corrected chi connectivity index (χ1v) is 10.3. The van der Waals surface area contributed by atoms with E-state index in [-0.39, 0.29) is 15.0 Å². The van der Waals surface area contributed by atoms with Crippen LogP contribution in [0.2, 0.25) is 10.6 Å². The molecule has 2 heterocycles. The molecule has 22 heavy (non-hydrogen) atoms. The zero-order chi connectivity index (χ0) is 16.5. The number of nitrogens with zero attached hydrogens (tertiary/aromatic N) is 1. The van der Waals surface area contributed by atoms with Crippen molar-refractivity contribution in [1.29, 1.82) is 0 Å². The van der Waals surface area contributed by atoms with Crippen molar-refractivity contribution in [2.24, 2.45) is 0 Å². The maximum atomic E-state index is 11.8. The van der Waals surface area contributed by atoms with Crippen LogP contribution in [0.1, 0.15) is 6.23 Å². The van der Waals surface area contributed by atoms with Crippen LogP contribution in [0.5, 0.6) is 0 Å². The molecule has 0 aliphatic carbocycles. The Kier molecular flexibility index (Phi) is 5.41. The summed E-state index contributed by atoms with van der Waals surface area (Å²) in [6.45, 7) is -0.507. The molecule has 10 nitrogen and oxygen atoms in total. The molecule has 2 rings (SSSR count). The fraction of sp³-hybridized carbons (Fsp3) is 0.600. The number of aliphatic hydroxyl groups excluding tert-OH is 1. The molecule has 1 aromatic rings. The second-order valence-electron chi connectivity index (χ2n) is 4.56. The van der Waals surface area contributed by atoms with Gasteiger partial charge in [0.05, 0.1) is 0 Å². The Hall–Kier alpha value is -0.771. The summed E-state index contributed by atoms with van der Waals surface area (Å²) in [5.74, 6) is 1.83. The first-order chi connectivity index (χ1) is 10.2. The number of aromatic nitrogens is 2. The predicted octanol–water partition coefficient (Wildman–Crippen LogP) is -1.56. The normalized spacial score (nSPS) is 28.9. The summed E-state index contributed by atoms with van der Waals surface area (Å²) in [5.41, 5.74) is -1.24. The number of H-pyrrole nitrogens is 1. The molecule has 0 aromatic carbocycles. The van der Waals surface area contributed by atoms with Crippen LogP contribution in [-0.2, 0) is 13.8 Å². The number of nitrogens with one attached hydrogen (secondary N) is 1. The van der Waals surface area contributed by atoms with Gasteiger partial charge < -0.3 is 0 Å². The summed E-state index contributed by atoms with van der Waals surface area (Å²) in [7, 11) is -4.68. The van der Waals surface area contributed by atoms with Crippen molar-refractivity contribution in [3.05, 3.63) is 33.1 Å². The molecule has 124 valence electrons. The SMILES string of the molecule is C[Se]C1C(O)C(COP(=O)(O)O)OC1n1ccc(=O)[nH]c1=O. The summed E-state index contributed by atoms with van der Waals surface area (Å²) in [4.78, 5) is 42.0. The number of ether oxygens (including phenoxy) is 1. The van der Waals surface area contributed by atoms with E-state index < -0.39 is 48.9 Å². The second kappa shape index (κ2) is 6.77. The van der Waals surface area contributed by atoms with Gasteiger partial charge in [-0.1, -0.05) is 0 Å². The van der Waals surface area contributed by atoms with Crippen LogP contribution in [0.25, 0.3) is 0 Å². The molecule has 1 saturated heterocycles. The van der Waals surface area contributed by atoms with Crippen molar-refractivity contribution in [1.82, 2.24) is 9.55 Å². The van der Waals surface area contributed by atoms with Gasteiger partial charge in [-0.25, -0.2) is 0 Å². The first-order valence-electron chi connectivity index (χ1n) is 6.11. The van der Waals surface area contributed by atoms with Crippen LogP contribution < -0.4 is 11.2 Å². The van der Waals surface area contributed by atoms with Crippen LogP contribution >= 0.6 is 7.82 Å². The summed E-state index contributed by atoms with van der Waals surface area (Å²) >= 11 is -0.128. The maximum absolute atomic E-state index is 11.8. The second-order valence-corrected chi connectivity index (χ2v) is 7.93. The van der Waals surface area contributed by atoms with Gasteiger partial charge in [-0.05, 0) is 0 Å². The molecule has 0 radical (unpaired) electrons. The molecule has 4 unspecified atom stereocenters. The van der Waals surface area contributed by atoms with Crippen LogP contribution in [-0.4, -0.2) is 58.2 Å². The molecule has 0 amide bonds. The Labute approximate surface area is 130 Å². The Bertz CT molecular complexity index is 684. The van der Waals surface area contributed by atoms with Crippen molar-refractivity contribution in [2.75, 3.05) is 6.61 Å². The molecule has 4 N–H and O–H groups in total. The van der Waals surface area contributed by atoms with Gasteiger partial charge >= 0.3 is 130 Å². The van der Waals surface area contributed by atoms with E-state index in [1.807, 2.05) is 5.82 Å². The van der Waals surface area contributed by atoms with E-state index in [0.29, 0.717) is 0 Å². The summed E-state index contributed by atoms with van der Waals surface area (Å²) in [6.07, 6.45) is -1.61. The molecular formula is C10H15N2O8PSe. The molecule has 0 spiro atoms. The number of phosphoric acid groups is 1. The fourth-order valence-electron chi connectivity index (χ4n) is 2.13. The topological polar surface area (TPSA) is 151 Å². The van der Waals surface area contributed by atoms with Crippen molar-refractivity contribution < 1.29 is 28.7 Å². The number of phosphoric ester groups is 1. The molecular weight excluding hydrogens is 386 g/mol. The Morgan fingerprint density at radius 1 is 1.50 bits per heavy atom. The molecule has 12 heteroatoms. The van der Waals surface area contributed by atoms with E-state index in [9.17, 15) is 19.3 Å². The Morgan fingerprint density at radius 3 is 2.73 bits per heavy atom. The van der Waals surface area contributed by atoms with E-state index in [4.69, 9.17) is 14.5 Å². The van der Waals surface area contributed by atoms with Gasteiger partial charge in [0.15, 0.2) is 0 Å². The van der Waals surface area contributed by atoms with Gasteiger partial charge in [-0.3, -0.25) is 0 Å². The molecule has 1 aliphatic heterocycles. The summed E-state index contributed by atoms with van der Waals surface area (Å²) in [5, 5.41) is 10.2. The average molecular weight is 401 g/mol. The first kappa shape index (κ1) is 17.6. The zero-order valence-electron chi connectivity index (χ0n) is 11.4. The number of aliphatic hydroxyl groups is 1. The van der Waals surface area contributed by atoms with Gasteiger partial charge in [0.2, 0.25) is 0 Å². The minimum atomic E-state index is -4.68. The van der Waals surface area contributed by atoms with E-state index in [2.05, 4.69) is 9.51 Å². The average Bonchev–Trinajstić information content (AvgIpc) is 2.72. The van der Waals surface area contributed by atoms with E-state index in [1.54, 1.807) is 0 Å². The quantitative estimate of drug-likeness (QED) is 0.342. The monoisotopic (exact) mass is 402 g/mol. The van der Waals surface area contributed by atoms with E-state index >= 15 is 0 Å². The van der Waals surface area contributed by atoms with E-state index in [0.717, 1.165) is 10.6 Å². The summed E-state index contributed by atoms with van der Waals surface area (Å²) < 4.78 is 21.7. The molecule has 4 atom stereocenters. The summed E-state index contributed by atoms with van der Waals surface area (Å²) in [6, 6.07) is 1.15. The third-order valence-electron chi connectivity index (χ3n) is 3.12. The zero-order valence-corrected chi connectivity index (χ0v) is 14.0. The predicted molar refractivity (Wildman–Crippen MR) is 74.6 cm³/mol. The molecule has 1 fully saturated rings. The number of hydrogen-bond donors (Lipinski definition) is 4. The molecule has 1 aromatic heterocycles. The van der Waals surface area contributed by atoms with Crippen molar-refractivity contribution in [3.63, 3.8) is 0 Å². The number of aromatic amines is 1. The van der Waals surface area contributed by atoms with Crippen molar-refractivity contribution >= 4 is 22.8 Å². The number of hydrogen-bond acceptors (Lipinski definition) is 6. The molecule has 1 aliphatic rings. The van der Waals surface area contributed by atoms with Gasteiger partial charge in [0.1, 0.15) is 0 Å². The van der Waals surface area contributed by atoms with Crippen molar-refractivity contribution in [2.45, 2.75) is 29.1 Å². The van der Waals surface area contributed by atoms with Crippen LogP contribution in [0.15, 0.2) is 21.9 Å². The molecule has 0 saturated carbocycles. The number of rotatable bonds is 5. The van der Waals surface area contributed by atoms with Gasteiger partial charge in [-0.2, -0.15) is 0 Å². The Morgan fingerprint density at radius 2 is 2.18 bits per heavy atom. The third kappa shape index (κ3) is 3.95. The van der Waals surface area contributed by atoms with Gasteiger partial charge in [0, 0.05) is 0 Å². The van der Waals surface area contributed by atoms with E-state index in [1.165, 1.54) is 6.20 Å². The standard InChI is InChI=1S/C10H15N2O8PSe/c1-22-8-7(14)5(4-19-21(16,17)18)20-9(8)12-3-2-6(13)11-10(12)15/h2-3,5,7-9,14H,4H2,1H3,(H,11,13,15)(H2,16,17,18). The molecule has 0 bridgehead atoms. The fourth-order valence-corrected chi connectivity index (χ4v) is 4.33.